The molecule has 162 valence electrons. The molecule has 0 bridgehead atoms. The molecule has 1 saturated carbocycles. The molecule has 2 aliphatic rings. The second-order valence-electron chi connectivity index (χ2n) is 8.56. The Bertz CT molecular complexity index is 899. The quantitative estimate of drug-likeness (QED) is 0.645. The molecule has 0 aromatic carbocycles. The van der Waals surface area contributed by atoms with Crippen molar-refractivity contribution in [3.8, 4) is 0 Å². The van der Waals surface area contributed by atoms with Crippen LogP contribution in [0.25, 0.3) is 0 Å². The number of aromatic nitrogens is 3. The average molecular weight is 430 g/mol. The first-order chi connectivity index (χ1) is 14.5. The molecule has 1 aliphatic carbocycles. The van der Waals surface area contributed by atoms with E-state index in [2.05, 4.69) is 23.5 Å². The predicted octanol–water partition coefficient (Wildman–Crippen LogP) is 3.34. The summed E-state index contributed by atoms with van der Waals surface area (Å²) in [5, 5.41) is 6.73. The maximum Gasteiger partial charge on any atom is 0.274 e. The second-order valence-corrected chi connectivity index (χ2v) is 9.28. The number of nitrogens with zero attached hydrogens (tertiary/aromatic N) is 5. The molecule has 4 rings (SSSR count). The van der Waals surface area contributed by atoms with Crippen molar-refractivity contribution in [3.63, 3.8) is 0 Å². The number of rotatable bonds is 8. The van der Waals surface area contributed by atoms with Gasteiger partial charge in [0.1, 0.15) is 0 Å². The lowest BCUT2D eigenvalue weighted by molar-refractivity contribution is -0.136. The second kappa shape index (κ2) is 8.88. The minimum absolute atomic E-state index is 0.0551. The number of hydrogen-bond donors (Lipinski definition) is 0. The van der Waals surface area contributed by atoms with Gasteiger partial charge in [-0.15, -0.1) is 11.3 Å². The molecule has 2 aromatic heterocycles. The van der Waals surface area contributed by atoms with Crippen molar-refractivity contribution in [2.45, 2.75) is 65.6 Å². The summed E-state index contributed by atoms with van der Waals surface area (Å²) in [6.07, 6.45) is 4.94. The Labute approximate surface area is 182 Å². The third kappa shape index (κ3) is 4.29. The van der Waals surface area contributed by atoms with Crippen molar-refractivity contribution >= 4 is 23.2 Å². The number of thiazole rings is 1. The first-order valence-electron chi connectivity index (χ1n) is 11.0. The molecule has 0 unspecified atom stereocenters. The number of fused-ring (bicyclic) bond motifs is 1. The van der Waals surface area contributed by atoms with Crippen LogP contribution in [0.4, 0.5) is 0 Å². The molecule has 0 N–H and O–H groups in total. The van der Waals surface area contributed by atoms with Gasteiger partial charge in [-0.1, -0.05) is 13.8 Å². The maximum absolute atomic E-state index is 13.3. The number of hydrogen-bond acceptors (Lipinski definition) is 5. The highest BCUT2D eigenvalue weighted by molar-refractivity contribution is 7.07. The fourth-order valence-corrected chi connectivity index (χ4v) is 4.80. The third-order valence-electron chi connectivity index (χ3n) is 6.34. The van der Waals surface area contributed by atoms with Crippen molar-refractivity contribution in [1.82, 2.24) is 24.6 Å². The largest absolute Gasteiger partial charge is 0.338 e. The monoisotopic (exact) mass is 429 g/mol. The summed E-state index contributed by atoms with van der Waals surface area (Å²) in [5.41, 5.74) is 5.25. The predicted molar refractivity (Wildman–Crippen MR) is 116 cm³/mol. The SMILES string of the molecule is CCC(CC)C(=O)N1CCc2c(c(C(=O)N(C)Cc3cscn3)nn2CC2CC2)C1. The molecule has 7 nitrogen and oxygen atoms in total. The highest BCUT2D eigenvalue weighted by Gasteiger charge is 2.34. The average Bonchev–Trinajstić information content (AvgIpc) is 3.29. The topological polar surface area (TPSA) is 71.3 Å². The van der Waals surface area contributed by atoms with Crippen LogP contribution in [0.1, 0.15) is 67.0 Å². The zero-order valence-electron chi connectivity index (χ0n) is 18.1. The summed E-state index contributed by atoms with van der Waals surface area (Å²) in [6, 6.07) is 0. The van der Waals surface area contributed by atoms with E-state index in [1.165, 1.54) is 24.2 Å². The first-order valence-corrected chi connectivity index (χ1v) is 12.0. The molecule has 0 saturated heterocycles. The number of carbonyl (C=O) groups is 2. The van der Waals surface area contributed by atoms with Gasteiger partial charge in [-0.05, 0) is 31.6 Å². The number of amides is 2. The normalized spacial score (nSPS) is 16.1. The Morgan fingerprint density at radius 3 is 2.70 bits per heavy atom. The molecule has 1 fully saturated rings. The Kier molecular flexibility index (Phi) is 6.22. The van der Waals surface area contributed by atoms with Gasteiger partial charge in [0.05, 0.1) is 17.7 Å². The lowest BCUT2D eigenvalue weighted by Crippen LogP contribution is -2.40. The van der Waals surface area contributed by atoms with E-state index in [1.807, 2.05) is 10.3 Å². The van der Waals surface area contributed by atoms with Crippen molar-refractivity contribution < 1.29 is 9.59 Å². The van der Waals surface area contributed by atoms with Crippen LogP contribution in [0.2, 0.25) is 0 Å². The minimum Gasteiger partial charge on any atom is -0.338 e. The van der Waals surface area contributed by atoms with E-state index in [0.717, 1.165) is 42.8 Å². The van der Waals surface area contributed by atoms with Crippen LogP contribution in [-0.4, -0.2) is 50.0 Å². The molecule has 0 atom stereocenters. The molecule has 0 spiro atoms. The molecule has 1 aliphatic heterocycles. The fourth-order valence-electron chi connectivity index (χ4n) is 4.25. The molecule has 8 heteroatoms. The lowest BCUT2D eigenvalue weighted by atomic mass is 9.98. The van der Waals surface area contributed by atoms with Crippen LogP contribution in [0.3, 0.4) is 0 Å². The van der Waals surface area contributed by atoms with Crippen LogP contribution >= 0.6 is 11.3 Å². The van der Waals surface area contributed by atoms with Crippen LogP contribution < -0.4 is 0 Å². The van der Waals surface area contributed by atoms with Crippen LogP contribution in [-0.2, 0) is 30.8 Å². The summed E-state index contributed by atoms with van der Waals surface area (Å²) < 4.78 is 2.05. The van der Waals surface area contributed by atoms with Gasteiger partial charge >= 0.3 is 0 Å². The Hall–Kier alpha value is -2.22. The van der Waals surface area contributed by atoms with Gasteiger partial charge in [-0.2, -0.15) is 5.10 Å². The van der Waals surface area contributed by atoms with Crippen LogP contribution in [0.15, 0.2) is 10.9 Å². The van der Waals surface area contributed by atoms with Gasteiger partial charge in [0.2, 0.25) is 5.91 Å². The first kappa shape index (κ1) is 21.0. The Morgan fingerprint density at radius 2 is 2.07 bits per heavy atom. The highest BCUT2D eigenvalue weighted by Crippen LogP contribution is 2.33. The van der Waals surface area contributed by atoms with Gasteiger partial charge in [0.25, 0.3) is 5.91 Å². The summed E-state index contributed by atoms with van der Waals surface area (Å²) in [6.45, 7) is 6.67. The molecular weight excluding hydrogens is 398 g/mol. The molecule has 0 radical (unpaired) electrons. The third-order valence-corrected chi connectivity index (χ3v) is 6.98. The zero-order chi connectivity index (χ0) is 21.3. The van der Waals surface area contributed by atoms with E-state index in [9.17, 15) is 9.59 Å². The molecule has 3 heterocycles. The molecule has 30 heavy (non-hydrogen) atoms. The smallest absolute Gasteiger partial charge is 0.274 e. The van der Waals surface area contributed by atoms with E-state index in [0.29, 0.717) is 31.2 Å². The van der Waals surface area contributed by atoms with Crippen molar-refractivity contribution in [2.24, 2.45) is 11.8 Å². The van der Waals surface area contributed by atoms with E-state index < -0.39 is 0 Å². The summed E-state index contributed by atoms with van der Waals surface area (Å²) in [5.74, 6) is 0.842. The van der Waals surface area contributed by atoms with Crippen molar-refractivity contribution in [2.75, 3.05) is 13.6 Å². The number of carbonyl (C=O) groups excluding carboxylic acids is 2. The lowest BCUT2D eigenvalue weighted by Gasteiger charge is -2.31. The molecular formula is C22H31N5O2S. The van der Waals surface area contributed by atoms with Gasteiger partial charge < -0.3 is 9.80 Å². The fraction of sp³-hybridized carbons (Fsp3) is 0.636. The van der Waals surface area contributed by atoms with E-state index in [4.69, 9.17) is 5.10 Å². The van der Waals surface area contributed by atoms with E-state index in [-0.39, 0.29) is 17.7 Å². The summed E-state index contributed by atoms with van der Waals surface area (Å²) >= 11 is 1.53. The van der Waals surface area contributed by atoms with Crippen molar-refractivity contribution in [3.05, 3.63) is 33.5 Å². The van der Waals surface area contributed by atoms with E-state index in [1.54, 1.807) is 17.5 Å². The Morgan fingerprint density at radius 1 is 1.30 bits per heavy atom. The molecule has 2 amide bonds. The van der Waals surface area contributed by atoms with Gasteiger partial charge in [0.15, 0.2) is 5.69 Å². The van der Waals surface area contributed by atoms with Gasteiger partial charge in [-0.3, -0.25) is 14.3 Å². The van der Waals surface area contributed by atoms with Gasteiger partial charge in [0, 0.05) is 55.7 Å². The summed E-state index contributed by atoms with van der Waals surface area (Å²) in [4.78, 5) is 34.2. The Balaban J connectivity index is 1.60. The summed E-state index contributed by atoms with van der Waals surface area (Å²) in [7, 11) is 1.80. The maximum atomic E-state index is 13.3. The van der Waals surface area contributed by atoms with Crippen LogP contribution in [0.5, 0.6) is 0 Å². The minimum atomic E-state index is -0.0920. The molecule has 2 aromatic rings. The highest BCUT2D eigenvalue weighted by atomic mass is 32.1. The van der Waals surface area contributed by atoms with Gasteiger partial charge in [-0.25, -0.2) is 4.98 Å². The van der Waals surface area contributed by atoms with E-state index >= 15 is 0 Å². The zero-order valence-corrected chi connectivity index (χ0v) is 19.0. The van der Waals surface area contributed by atoms with Crippen molar-refractivity contribution in [1.29, 1.82) is 0 Å². The standard InChI is InChI=1S/C22H31N5O2S/c1-4-16(5-2)21(28)26-9-8-19-18(12-26)20(24-27(19)10-15-6-7-15)22(29)25(3)11-17-13-30-14-23-17/h13-16H,4-12H2,1-3H3. The van der Waals surface area contributed by atoms with Crippen LogP contribution in [0, 0.1) is 11.8 Å².